The second kappa shape index (κ2) is 84.9. The Hall–Kier alpha value is 1.47. The molecule has 0 spiro atoms. The summed E-state index contributed by atoms with van der Waals surface area (Å²) in [7, 11) is -4.67. The molecular formula is H22Na2O14S+2. The molecule has 0 atom stereocenters. The molecule has 22 N–H and O–H groups in total. The van der Waals surface area contributed by atoms with Crippen molar-refractivity contribution >= 4 is 10.4 Å². The molecule has 0 bridgehead atoms. The van der Waals surface area contributed by atoms with Gasteiger partial charge >= 0.3 is 69.5 Å². The van der Waals surface area contributed by atoms with Crippen molar-refractivity contribution in [3.8, 4) is 0 Å². The van der Waals surface area contributed by atoms with Crippen LogP contribution in [0.25, 0.3) is 0 Å². The molecule has 0 heterocycles. The van der Waals surface area contributed by atoms with Crippen molar-refractivity contribution in [3.63, 3.8) is 0 Å². The molecule has 0 amide bonds. The Bertz CT molecular complexity index is 97.4. The fourth-order valence-electron chi connectivity index (χ4n) is 0. The number of hydrogen-bond donors (Lipinski definition) is 2. The molecule has 14 nitrogen and oxygen atoms in total. The molecule has 0 radical (unpaired) electrons. The van der Waals surface area contributed by atoms with E-state index in [9.17, 15) is 0 Å². The van der Waals surface area contributed by atoms with Crippen LogP contribution in [0, 0.1) is 0 Å². The van der Waals surface area contributed by atoms with E-state index in [0.29, 0.717) is 0 Å². The van der Waals surface area contributed by atoms with Gasteiger partial charge in [0.25, 0.3) is 0 Å². The molecule has 0 aromatic carbocycles. The van der Waals surface area contributed by atoms with E-state index in [-0.39, 0.29) is 114 Å². The van der Waals surface area contributed by atoms with Crippen molar-refractivity contribution < 1.29 is 131 Å². The Labute approximate surface area is 141 Å². The molecule has 0 saturated heterocycles. The van der Waals surface area contributed by atoms with Crippen LogP contribution < -0.4 is 59.1 Å². The van der Waals surface area contributed by atoms with E-state index >= 15 is 0 Å². The summed E-state index contributed by atoms with van der Waals surface area (Å²) >= 11 is 0. The van der Waals surface area contributed by atoms with Crippen molar-refractivity contribution in [3.05, 3.63) is 0 Å². The van der Waals surface area contributed by atoms with E-state index in [1.807, 2.05) is 0 Å². The first kappa shape index (κ1) is 188. The van der Waals surface area contributed by atoms with Gasteiger partial charge in [0, 0.05) is 0 Å². The summed E-state index contributed by atoms with van der Waals surface area (Å²) in [5, 5.41) is 0. The van der Waals surface area contributed by atoms with Gasteiger partial charge in [-0.25, -0.2) is 0 Å². The maximum atomic E-state index is 8.74. The smallest absolute Gasteiger partial charge is 0.412 e. The minimum Gasteiger partial charge on any atom is -0.412 e. The molecular weight excluding hydrogens is 302 g/mol. The van der Waals surface area contributed by atoms with Gasteiger partial charge in [-0.2, -0.15) is 8.42 Å². The molecule has 0 saturated carbocycles. The fourth-order valence-corrected chi connectivity index (χ4v) is 0. The summed E-state index contributed by atoms with van der Waals surface area (Å²) in [6, 6.07) is 0. The van der Waals surface area contributed by atoms with Crippen molar-refractivity contribution in [2.75, 3.05) is 0 Å². The molecule has 0 aliphatic carbocycles. The molecule has 0 fully saturated rings. The maximum Gasteiger partial charge on any atom is 1.00 e. The summed E-state index contributed by atoms with van der Waals surface area (Å²) in [4.78, 5) is 0. The zero-order valence-corrected chi connectivity index (χ0v) is 13.9. The predicted molar refractivity (Wildman–Crippen MR) is 50.3 cm³/mol. The summed E-state index contributed by atoms with van der Waals surface area (Å²) in [5.74, 6) is 0. The van der Waals surface area contributed by atoms with Crippen molar-refractivity contribution in [1.82, 2.24) is 0 Å². The third-order valence-electron chi connectivity index (χ3n) is 0. The van der Waals surface area contributed by atoms with Gasteiger partial charge in [-0.05, 0) is 0 Å². The Balaban J connectivity index is -0.00000000121. The third kappa shape index (κ3) is 1930. The third-order valence-corrected chi connectivity index (χ3v) is 0. The molecule has 0 aromatic heterocycles. The second-order valence-corrected chi connectivity index (χ2v) is 1.34. The molecule has 0 aliphatic rings. The van der Waals surface area contributed by atoms with Crippen LogP contribution >= 0.6 is 0 Å². The van der Waals surface area contributed by atoms with Crippen LogP contribution in [0.1, 0.15) is 0 Å². The van der Waals surface area contributed by atoms with Crippen LogP contribution in [0.4, 0.5) is 0 Å². The molecule has 0 aromatic rings. The van der Waals surface area contributed by atoms with Crippen LogP contribution in [0.2, 0.25) is 0 Å². The minimum atomic E-state index is -4.67. The zero-order chi connectivity index (χ0) is 4.50. The van der Waals surface area contributed by atoms with Gasteiger partial charge in [-0.1, -0.05) is 0 Å². The predicted octanol–water partition coefficient (Wildman–Crippen LogP) is -14.9. The Morgan fingerprint density at radius 3 is 0.471 bits per heavy atom. The van der Waals surface area contributed by atoms with Crippen molar-refractivity contribution in [2.24, 2.45) is 0 Å². The van der Waals surface area contributed by atoms with Crippen LogP contribution in [-0.4, -0.2) is 72.3 Å². The number of rotatable bonds is 0. The average Bonchev–Trinajstić information content (AvgIpc) is 0.722. The second-order valence-electron chi connectivity index (χ2n) is 0.448. The summed E-state index contributed by atoms with van der Waals surface area (Å²) < 4.78 is 31.6. The standard InChI is InChI=1S/2Na.H2O4S.10H2O/c;;1-5(2,3)4;;;;;;;;;;/h;;(H2,1,2,3,4);10*1H2/q2*+1;;;;;;;;;;;. The van der Waals surface area contributed by atoms with E-state index in [1.165, 1.54) is 0 Å². The van der Waals surface area contributed by atoms with Gasteiger partial charge in [0.1, 0.15) is 0 Å². The van der Waals surface area contributed by atoms with Crippen LogP contribution in [0.5, 0.6) is 0 Å². The fraction of sp³-hybridized carbons (Fsp3) is 0. The molecule has 17 heavy (non-hydrogen) atoms. The van der Waals surface area contributed by atoms with E-state index in [4.69, 9.17) is 17.5 Å². The Kier molecular flexibility index (Phi) is 941. The monoisotopic (exact) mass is 324 g/mol. The molecule has 17 heteroatoms. The zero-order valence-electron chi connectivity index (χ0n) is 9.12. The quantitative estimate of drug-likeness (QED) is 0.323. The first-order chi connectivity index (χ1) is 2.00. The van der Waals surface area contributed by atoms with Gasteiger partial charge in [-0.3, -0.25) is 9.11 Å². The largest absolute Gasteiger partial charge is 1.00 e. The van der Waals surface area contributed by atoms with E-state index in [1.54, 1.807) is 0 Å². The number of hydrogen-bond acceptors (Lipinski definition) is 2. The summed E-state index contributed by atoms with van der Waals surface area (Å²) in [6.07, 6.45) is 0. The molecule has 0 aliphatic heterocycles. The van der Waals surface area contributed by atoms with Crippen LogP contribution in [0.15, 0.2) is 0 Å². The van der Waals surface area contributed by atoms with Crippen LogP contribution in [-0.2, 0) is 10.4 Å². The van der Waals surface area contributed by atoms with Crippen molar-refractivity contribution in [2.45, 2.75) is 0 Å². The Morgan fingerprint density at radius 1 is 0.471 bits per heavy atom. The SMILES string of the molecule is O.O.O.O.O.O.O.O.O.O.O=S(=O)(O)O.[Na+].[Na+]. The average molecular weight is 324 g/mol. The Morgan fingerprint density at radius 2 is 0.471 bits per heavy atom. The normalized spacial score (nSPS) is 3.41. The van der Waals surface area contributed by atoms with Gasteiger partial charge in [0.2, 0.25) is 0 Å². The molecule has 0 unspecified atom stereocenters. The van der Waals surface area contributed by atoms with E-state index in [2.05, 4.69) is 0 Å². The van der Waals surface area contributed by atoms with Gasteiger partial charge in [-0.15, -0.1) is 0 Å². The first-order valence-corrected chi connectivity index (χ1v) is 2.10. The topological polar surface area (TPSA) is 390 Å². The van der Waals surface area contributed by atoms with Gasteiger partial charge < -0.3 is 54.8 Å². The molecule has 0 rings (SSSR count). The van der Waals surface area contributed by atoms with Gasteiger partial charge in [0.15, 0.2) is 0 Å². The maximum absolute atomic E-state index is 8.74. The summed E-state index contributed by atoms with van der Waals surface area (Å²) in [5.41, 5.74) is 0. The van der Waals surface area contributed by atoms with E-state index in [0.717, 1.165) is 0 Å². The van der Waals surface area contributed by atoms with Crippen molar-refractivity contribution in [1.29, 1.82) is 0 Å². The molecule has 112 valence electrons. The first-order valence-electron chi connectivity index (χ1n) is 0.698. The van der Waals surface area contributed by atoms with Gasteiger partial charge in [0.05, 0.1) is 0 Å². The van der Waals surface area contributed by atoms with Crippen LogP contribution in [0.3, 0.4) is 0 Å². The van der Waals surface area contributed by atoms with E-state index < -0.39 is 10.4 Å². The minimum absolute atomic E-state index is 0. The summed E-state index contributed by atoms with van der Waals surface area (Å²) in [6.45, 7) is 0.